The Hall–Kier alpha value is -4.55. The summed E-state index contributed by atoms with van der Waals surface area (Å²) in [5.41, 5.74) is 3.06. The van der Waals surface area contributed by atoms with Gasteiger partial charge in [-0.2, -0.15) is 4.68 Å². The van der Waals surface area contributed by atoms with Crippen LogP contribution in [0.2, 0.25) is 10.2 Å². The van der Waals surface area contributed by atoms with Crippen molar-refractivity contribution >= 4 is 52.7 Å². The van der Waals surface area contributed by atoms with Crippen LogP contribution in [0.3, 0.4) is 0 Å². The first-order valence-corrected chi connectivity index (χ1v) is 14.3. The molecule has 2 heterocycles. The highest BCUT2D eigenvalue weighted by atomic mass is 35.5. The third-order valence-corrected chi connectivity index (χ3v) is 7.65. The van der Waals surface area contributed by atoms with Crippen molar-refractivity contribution in [1.29, 1.82) is 0 Å². The predicted octanol–water partition coefficient (Wildman–Crippen LogP) is 5.56. The van der Waals surface area contributed by atoms with Crippen molar-refractivity contribution in [2.45, 2.75) is 38.1 Å². The molecular formula is C29H28Cl2N8O4. The molecule has 2 aromatic heterocycles. The molecule has 1 fully saturated rings. The summed E-state index contributed by atoms with van der Waals surface area (Å²) in [7, 11) is 1.29. The lowest BCUT2D eigenvalue weighted by atomic mass is 9.84. The van der Waals surface area contributed by atoms with E-state index in [-0.39, 0.29) is 17.6 Å². The van der Waals surface area contributed by atoms with E-state index >= 15 is 0 Å². The predicted molar refractivity (Wildman–Crippen MR) is 161 cm³/mol. The number of hydrogen-bond acceptors (Lipinski definition) is 8. The van der Waals surface area contributed by atoms with Gasteiger partial charge < -0.3 is 15.0 Å². The number of rotatable bonds is 9. The highest BCUT2D eigenvalue weighted by Gasteiger charge is 2.27. The van der Waals surface area contributed by atoms with Gasteiger partial charge in [0.1, 0.15) is 28.8 Å². The molecule has 0 saturated heterocycles. The Balaban J connectivity index is 1.37. The average Bonchev–Trinajstić information content (AvgIpc) is 3.68. The van der Waals surface area contributed by atoms with Gasteiger partial charge in [-0.05, 0) is 72.0 Å². The van der Waals surface area contributed by atoms with Crippen molar-refractivity contribution in [2.24, 2.45) is 5.92 Å². The first kappa shape index (κ1) is 29.9. The molecule has 0 spiro atoms. The Morgan fingerprint density at radius 1 is 1.16 bits per heavy atom. The quantitative estimate of drug-likeness (QED) is 0.205. The normalized spacial score (nSPS) is 14.5. The second-order valence-electron chi connectivity index (χ2n) is 10.0. The van der Waals surface area contributed by atoms with Crippen molar-refractivity contribution < 1.29 is 19.1 Å². The van der Waals surface area contributed by atoms with Crippen LogP contribution in [0.25, 0.3) is 23.0 Å². The number of H-pyrrole nitrogens is 1. The number of ether oxygens (including phenoxy) is 1. The van der Waals surface area contributed by atoms with Gasteiger partial charge >= 0.3 is 6.09 Å². The molecule has 0 bridgehead atoms. The van der Waals surface area contributed by atoms with Gasteiger partial charge in [-0.25, -0.2) is 9.78 Å². The summed E-state index contributed by atoms with van der Waals surface area (Å²) in [6.45, 7) is 0. The number of aromatic nitrogens is 6. The molecule has 1 aliphatic rings. The maximum absolute atomic E-state index is 13.2. The number of aromatic amines is 1. The fraction of sp³-hybridized carbons (Fsp3) is 0.276. The summed E-state index contributed by atoms with van der Waals surface area (Å²) in [6.07, 6.45) is 7.04. The Kier molecular flexibility index (Phi) is 9.48. The first-order valence-electron chi connectivity index (χ1n) is 13.5. The van der Waals surface area contributed by atoms with Crippen LogP contribution in [0.4, 0.5) is 10.5 Å². The Morgan fingerprint density at radius 2 is 1.93 bits per heavy atom. The van der Waals surface area contributed by atoms with E-state index in [1.807, 2.05) is 0 Å². The van der Waals surface area contributed by atoms with Gasteiger partial charge in [0.2, 0.25) is 5.91 Å². The largest absolute Gasteiger partial charge is 0.453 e. The maximum Gasteiger partial charge on any atom is 0.411 e. The minimum Gasteiger partial charge on any atom is -0.453 e. The molecule has 1 saturated carbocycles. The molecule has 0 unspecified atom stereocenters. The molecule has 0 aliphatic heterocycles. The van der Waals surface area contributed by atoms with E-state index in [0.717, 1.165) is 12.8 Å². The zero-order valence-corrected chi connectivity index (χ0v) is 24.6. The van der Waals surface area contributed by atoms with Gasteiger partial charge in [0.25, 0.3) is 0 Å². The second-order valence-corrected chi connectivity index (χ2v) is 10.9. The number of anilines is 1. The number of tetrazole rings is 1. The zero-order valence-electron chi connectivity index (χ0n) is 23.1. The van der Waals surface area contributed by atoms with E-state index in [2.05, 4.69) is 35.9 Å². The van der Waals surface area contributed by atoms with E-state index in [0.29, 0.717) is 63.5 Å². The van der Waals surface area contributed by atoms with Crippen LogP contribution in [0.5, 0.6) is 0 Å². The van der Waals surface area contributed by atoms with Crippen LogP contribution < -0.4 is 10.6 Å². The number of imidazole rings is 1. The van der Waals surface area contributed by atoms with Crippen molar-refractivity contribution in [3.8, 4) is 16.9 Å². The highest BCUT2D eigenvalue weighted by molar-refractivity contribution is 6.32. The monoisotopic (exact) mass is 622 g/mol. The molecule has 12 nitrogen and oxygen atoms in total. The number of carbonyl (C=O) groups is 3. The Morgan fingerprint density at radius 3 is 2.63 bits per heavy atom. The van der Waals surface area contributed by atoms with Crippen LogP contribution in [0, 0.1) is 5.92 Å². The van der Waals surface area contributed by atoms with E-state index in [4.69, 9.17) is 28.2 Å². The van der Waals surface area contributed by atoms with Crippen molar-refractivity contribution in [3.63, 3.8) is 0 Å². The minimum absolute atomic E-state index is 0.224. The maximum atomic E-state index is 13.2. The number of Topliss-reactive ketones (excluding diaryl/α,β-unsaturated/α-hetero) is 1. The molecule has 43 heavy (non-hydrogen) atoms. The third-order valence-electron chi connectivity index (χ3n) is 7.15. The molecule has 14 heteroatoms. The van der Waals surface area contributed by atoms with Gasteiger partial charge in [0.15, 0.2) is 0 Å². The Labute approximate surface area is 256 Å². The van der Waals surface area contributed by atoms with Crippen molar-refractivity contribution in [3.05, 3.63) is 76.4 Å². The first-order chi connectivity index (χ1) is 20.8. The average molecular weight is 624 g/mol. The van der Waals surface area contributed by atoms with E-state index in [9.17, 15) is 14.4 Å². The van der Waals surface area contributed by atoms with Gasteiger partial charge in [-0.15, -0.1) is 5.10 Å². The lowest BCUT2D eigenvalue weighted by Gasteiger charge is -2.25. The number of amides is 2. The molecule has 4 aromatic rings. The molecule has 3 N–H and O–H groups in total. The smallest absolute Gasteiger partial charge is 0.411 e. The number of halogens is 2. The van der Waals surface area contributed by atoms with Crippen LogP contribution >= 0.6 is 23.2 Å². The minimum atomic E-state index is -0.577. The fourth-order valence-electron chi connectivity index (χ4n) is 4.94. The summed E-state index contributed by atoms with van der Waals surface area (Å²) in [6, 6.07) is 11.6. The van der Waals surface area contributed by atoms with Crippen molar-refractivity contribution in [2.75, 3.05) is 12.4 Å². The molecule has 1 atom stereocenters. The number of nitrogens with one attached hydrogen (secondary N) is 3. The third kappa shape index (κ3) is 7.65. The van der Waals surface area contributed by atoms with Gasteiger partial charge in [0, 0.05) is 40.8 Å². The van der Waals surface area contributed by atoms with Gasteiger partial charge in [-0.3, -0.25) is 14.9 Å². The van der Waals surface area contributed by atoms with Crippen molar-refractivity contribution in [1.82, 2.24) is 35.5 Å². The topological polar surface area (TPSA) is 157 Å². The number of nitrogens with zero attached hydrogens (tertiary/aromatic N) is 5. The van der Waals surface area contributed by atoms with Crippen LogP contribution in [0.1, 0.15) is 49.5 Å². The summed E-state index contributed by atoms with van der Waals surface area (Å²) in [5.74, 6) is 0.620. The summed E-state index contributed by atoms with van der Waals surface area (Å²) >= 11 is 12.8. The molecular weight excluding hydrogens is 595 g/mol. The van der Waals surface area contributed by atoms with Crippen LogP contribution in [0.15, 0.2) is 54.9 Å². The summed E-state index contributed by atoms with van der Waals surface area (Å²) in [5, 5.41) is 17.7. The van der Waals surface area contributed by atoms with E-state index in [1.54, 1.807) is 48.5 Å². The Bertz CT molecular complexity index is 1630. The van der Waals surface area contributed by atoms with E-state index in [1.165, 1.54) is 24.2 Å². The fourth-order valence-corrected chi connectivity index (χ4v) is 5.37. The lowest BCUT2D eigenvalue weighted by Crippen LogP contribution is -2.30. The summed E-state index contributed by atoms with van der Waals surface area (Å²) < 4.78 is 6.10. The zero-order chi connectivity index (χ0) is 30.3. The van der Waals surface area contributed by atoms with Crippen LogP contribution in [-0.2, 0) is 14.3 Å². The summed E-state index contributed by atoms with van der Waals surface area (Å²) in [4.78, 5) is 44.5. The van der Waals surface area contributed by atoms with E-state index < -0.39 is 12.1 Å². The molecule has 2 amide bonds. The number of benzene rings is 2. The number of ketones is 1. The second kappa shape index (κ2) is 13.6. The number of hydrogen-bond donors (Lipinski definition) is 3. The molecule has 222 valence electrons. The lowest BCUT2D eigenvalue weighted by molar-refractivity contribution is -0.121. The number of carbonyl (C=O) groups excluding carboxylic acids is 3. The standard InChI is InChI=1S/C29H28Cl2N8O4/c1-43-29(42)33-21-8-4-18(5-9-21)26-27(31)36-28(35-26)23(14-17-2-10-22(40)11-3-17)34-25(41)13-6-19-15-20(30)7-12-24(19)39-16-32-37-38-39/h4-9,12-13,15-17,23H,2-3,10-11,14H2,1H3,(H,33,42)(H,34,41)(H,35,36)/b13-6+/t23-/m0/s1. The van der Waals surface area contributed by atoms with Gasteiger partial charge in [-0.1, -0.05) is 35.3 Å². The van der Waals surface area contributed by atoms with Crippen LogP contribution in [-0.4, -0.2) is 55.1 Å². The molecule has 1 aliphatic carbocycles. The molecule has 0 radical (unpaired) electrons. The van der Waals surface area contributed by atoms with Gasteiger partial charge in [0.05, 0.1) is 18.8 Å². The molecule has 5 rings (SSSR count). The highest BCUT2D eigenvalue weighted by Crippen LogP contribution is 2.33. The SMILES string of the molecule is COC(=O)Nc1ccc(-c2nc([C@H](CC3CCC(=O)CC3)NC(=O)/C=C/c3cc(Cl)ccc3-n3cnnn3)[nH]c2Cl)cc1. The number of methoxy groups -OCH3 is 1. The molecule has 2 aromatic carbocycles.